The van der Waals surface area contributed by atoms with Crippen LogP contribution in [0.4, 0.5) is 5.69 Å². The average molecular weight is 326 g/mol. The van der Waals surface area contributed by atoms with Gasteiger partial charge >= 0.3 is 0 Å². The smallest absolute Gasteiger partial charge is 0.161 e. The van der Waals surface area contributed by atoms with Gasteiger partial charge in [-0.25, -0.2) is 0 Å². The van der Waals surface area contributed by atoms with Crippen LogP contribution in [-0.2, 0) is 0 Å². The number of anilines is 1. The van der Waals surface area contributed by atoms with Crippen molar-refractivity contribution in [1.82, 2.24) is 0 Å². The van der Waals surface area contributed by atoms with Crippen LogP contribution < -0.4 is 14.9 Å². The molecule has 2 rings (SSSR count). The number of hydrazone groups is 1. The van der Waals surface area contributed by atoms with Crippen LogP contribution in [0.2, 0.25) is 0 Å². The molecule has 24 heavy (non-hydrogen) atoms. The van der Waals surface area contributed by atoms with Gasteiger partial charge in [-0.1, -0.05) is 44.4 Å². The normalized spacial score (nSPS) is 10.8. The maximum absolute atomic E-state index is 5.82. The molecule has 0 aliphatic heterocycles. The van der Waals surface area contributed by atoms with E-state index in [0.717, 1.165) is 35.8 Å². The van der Waals surface area contributed by atoms with Gasteiger partial charge in [-0.3, -0.25) is 5.43 Å². The van der Waals surface area contributed by atoms with Crippen LogP contribution in [0, 0.1) is 0 Å². The molecule has 4 nitrogen and oxygen atoms in total. The lowest BCUT2D eigenvalue weighted by Crippen LogP contribution is -2.00. The molecule has 1 N–H and O–H groups in total. The van der Waals surface area contributed by atoms with Crippen LogP contribution in [-0.4, -0.2) is 19.9 Å². The summed E-state index contributed by atoms with van der Waals surface area (Å²) < 4.78 is 11.2. The van der Waals surface area contributed by atoms with E-state index < -0.39 is 0 Å². The van der Waals surface area contributed by atoms with Crippen molar-refractivity contribution in [2.24, 2.45) is 5.10 Å². The fourth-order valence-electron chi connectivity index (χ4n) is 2.29. The van der Waals surface area contributed by atoms with Crippen LogP contribution in [0.15, 0.2) is 53.6 Å². The Bertz CT molecular complexity index is 627. The Morgan fingerprint density at radius 3 is 2.58 bits per heavy atom. The second kappa shape index (κ2) is 10.3. The van der Waals surface area contributed by atoms with Gasteiger partial charge in [0.15, 0.2) is 11.5 Å². The van der Waals surface area contributed by atoms with Gasteiger partial charge in [0.1, 0.15) is 0 Å². The van der Waals surface area contributed by atoms with Gasteiger partial charge in [-0.15, -0.1) is 0 Å². The molecule has 0 spiro atoms. The molecule has 0 radical (unpaired) electrons. The number of unbranched alkanes of at least 4 members (excludes halogenated alkanes) is 3. The molecule has 0 aromatic heterocycles. The highest BCUT2D eigenvalue weighted by Crippen LogP contribution is 2.27. The van der Waals surface area contributed by atoms with Gasteiger partial charge in [0.05, 0.1) is 25.6 Å². The van der Waals surface area contributed by atoms with E-state index in [1.165, 1.54) is 19.3 Å². The van der Waals surface area contributed by atoms with E-state index in [4.69, 9.17) is 9.47 Å². The molecule has 0 bridgehead atoms. The van der Waals surface area contributed by atoms with E-state index in [-0.39, 0.29) is 0 Å². The topological polar surface area (TPSA) is 42.8 Å². The number of hydrogen-bond acceptors (Lipinski definition) is 4. The maximum atomic E-state index is 5.82. The Morgan fingerprint density at radius 1 is 1.00 bits per heavy atom. The zero-order chi connectivity index (χ0) is 17.0. The summed E-state index contributed by atoms with van der Waals surface area (Å²) in [5, 5.41) is 4.24. The molecule has 0 aliphatic rings. The molecule has 4 heteroatoms. The van der Waals surface area contributed by atoms with Crippen molar-refractivity contribution in [2.75, 3.05) is 19.1 Å². The maximum Gasteiger partial charge on any atom is 0.161 e. The third-order valence-corrected chi connectivity index (χ3v) is 3.62. The molecular formula is C20H26N2O2. The minimum Gasteiger partial charge on any atom is -0.493 e. The summed E-state index contributed by atoms with van der Waals surface area (Å²) in [6.07, 6.45) is 6.52. The quantitative estimate of drug-likeness (QED) is 0.375. The molecule has 0 aliphatic carbocycles. The van der Waals surface area contributed by atoms with Crippen LogP contribution in [0.1, 0.15) is 38.2 Å². The van der Waals surface area contributed by atoms with Crippen molar-refractivity contribution in [3.8, 4) is 11.5 Å². The highest BCUT2D eigenvalue weighted by molar-refractivity contribution is 5.81. The molecule has 2 aromatic rings. The van der Waals surface area contributed by atoms with Crippen LogP contribution in [0.25, 0.3) is 0 Å². The zero-order valence-electron chi connectivity index (χ0n) is 14.5. The summed E-state index contributed by atoms with van der Waals surface area (Å²) in [6, 6.07) is 15.7. The summed E-state index contributed by atoms with van der Waals surface area (Å²) >= 11 is 0. The largest absolute Gasteiger partial charge is 0.493 e. The molecule has 0 saturated carbocycles. The number of rotatable bonds is 10. The molecular weight excluding hydrogens is 300 g/mol. The SMILES string of the molecule is CCCCCCOc1ccc(C=NNc2ccccc2)cc1OC. The first-order valence-electron chi connectivity index (χ1n) is 8.48. The molecule has 128 valence electrons. The summed E-state index contributed by atoms with van der Waals surface area (Å²) in [5.74, 6) is 1.51. The van der Waals surface area contributed by atoms with E-state index in [9.17, 15) is 0 Å². The number of hydrogen-bond donors (Lipinski definition) is 1. The molecule has 0 unspecified atom stereocenters. The van der Waals surface area contributed by atoms with E-state index in [1.54, 1.807) is 13.3 Å². The van der Waals surface area contributed by atoms with E-state index >= 15 is 0 Å². The molecule has 0 atom stereocenters. The van der Waals surface area contributed by atoms with Crippen LogP contribution in [0.5, 0.6) is 11.5 Å². The molecule has 2 aromatic carbocycles. The fraction of sp³-hybridized carbons (Fsp3) is 0.350. The second-order valence-corrected chi connectivity index (χ2v) is 5.56. The lowest BCUT2D eigenvalue weighted by Gasteiger charge is -2.11. The average Bonchev–Trinajstić information content (AvgIpc) is 2.63. The van der Waals surface area contributed by atoms with Crippen LogP contribution >= 0.6 is 0 Å². The Kier molecular flexibility index (Phi) is 7.68. The van der Waals surface area contributed by atoms with Crippen molar-refractivity contribution in [2.45, 2.75) is 32.6 Å². The third-order valence-electron chi connectivity index (χ3n) is 3.62. The van der Waals surface area contributed by atoms with Crippen molar-refractivity contribution < 1.29 is 9.47 Å². The summed E-state index contributed by atoms with van der Waals surface area (Å²) in [7, 11) is 1.66. The minimum atomic E-state index is 0.722. The first-order valence-corrected chi connectivity index (χ1v) is 8.48. The highest BCUT2D eigenvalue weighted by atomic mass is 16.5. The minimum absolute atomic E-state index is 0.722. The van der Waals surface area contributed by atoms with Gasteiger partial charge in [0, 0.05) is 0 Å². The number of nitrogens with zero attached hydrogens (tertiary/aromatic N) is 1. The molecule has 0 saturated heterocycles. The van der Waals surface area contributed by atoms with Gasteiger partial charge in [0.25, 0.3) is 0 Å². The first-order chi connectivity index (χ1) is 11.8. The number of para-hydroxylation sites is 1. The number of methoxy groups -OCH3 is 1. The fourth-order valence-corrected chi connectivity index (χ4v) is 2.29. The first kappa shape index (κ1) is 17.9. The van der Waals surface area contributed by atoms with E-state index in [2.05, 4.69) is 17.5 Å². The summed E-state index contributed by atoms with van der Waals surface area (Å²) in [4.78, 5) is 0. The standard InChI is InChI=1S/C20H26N2O2/c1-3-4-5-9-14-24-19-13-12-17(15-20(19)23-2)16-21-22-18-10-7-6-8-11-18/h6-8,10-13,15-16,22H,3-5,9,14H2,1-2H3. The van der Waals surface area contributed by atoms with E-state index in [0.29, 0.717) is 0 Å². The van der Waals surface area contributed by atoms with E-state index in [1.807, 2.05) is 48.5 Å². The monoisotopic (exact) mass is 326 g/mol. The van der Waals surface area contributed by atoms with Crippen molar-refractivity contribution in [3.05, 3.63) is 54.1 Å². The number of benzene rings is 2. The molecule has 0 amide bonds. The van der Waals surface area contributed by atoms with Crippen molar-refractivity contribution in [1.29, 1.82) is 0 Å². The number of ether oxygens (including phenoxy) is 2. The third kappa shape index (κ3) is 5.95. The van der Waals surface area contributed by atoms with Crippen molar-refractivity contribution in [3.63, 3.8) is 0 Å². The Balaban J connectivity index is 1.90. The molecule has 0 heterocycles. The van der Waals surface area contributed by atoms with Gasteiger partial charge in [0.2, 0.25) is 0 Å². The Labute approximate surface area is 144 Å². The lowest BCUT2D eigenvalue weighted by atomic mass is 10.2. The molecule has 0 fully saturated rings. The van der Waals surface area contributed by atoms with Crippen LogP contribution in [0.3, 0.4) is 0 Å². The Hall–Kier alpha value is -2.49. The zero-order valence-corrected chi connectivity index (χ0v) is 14.5. The second-order valence-electron chi connectivity index (χ2n) is 5.56. The Morgan fingerprint density at radius 2 is 1.83 bits per heavy atom. The summed E-state index contributed by atoms with van der Waals surface area (Å²) in [5.41, 5.74) is 4.90. The predicted molar refractivity (Wildman–Crippen MR) is 100 cm³/mol. The van der Waals surface area contributed by atoms with Gasteiger partial charge in [-0.2, -0.15) is 5.10 Å². The predicted octanol–water partition coefficient (Wildman–Crippen LogP) is 5.10. The van der Waals surface area contributed by atoms with Crippen molar-refractivity contribution >= 4 is 11.9 Å². The lowest BCUT2D eigenvalue weighted by molar-refractivity contribution is 0.285. The van der Waals surface area contributed by atoms with Gasteiger partial charge in [-0.05, 0) is 42.3 Å². The van der Waals surface area contributed by atoms with Gasteiger partial charge < -0.3 is 9.47 Å². The summed E-state index contributed by atoms with van der Waals surface area (Å²) in [6.45, 7) is 2.93. The highest BCUT2D eigenvalue weighted by Gasteiger charge is 2.05. The number of nitrogens with one attached hydrogen (secondary N) is 1.